The van der Waals surface area contributed by atoms with E-state index >= 15 is 0 Å². The molecule has 2 heterocycles. The van der Waals surface area contributed by atoms with Gasteiger partial charge in [-0.2, -0.15) is 5.10 Å². The molecule has 0 fully saturated rings. The minimum Gasteiger partial charge on any atom is -0.497 e. The Labute approximate surface area is 121 Å². The van der Waals surface area contributed by atoms with Gasteiger partial charge >= 0.3 is 0 Å². The standard InChI is InChI=1S/C16H13N3O2/c1-21-14-7-5-12(6-8-14)16-13(11-20)10-19(18-16)15-4-2-3-9-17-15/h2-11H,1H3. The van der Waals surface area contributed by atoms with Gasteiger partial charge in [0.05, 0.1) is 12.7 Å². The molecule has 0 amide bonds. The maximum Gasteiger partial charge on any atom is 0.153 e. The van der Waals surface area contributed by atoms with E-state index in [1.54, 1.807) is 24.2 Å². The molecule has 0 saturated carbocycles. The predicted molar refractivity (Wildman–Crippen MR) is 78.7 cm³/mol. The normalized spacial score (nSPS) is 10.3. The molecular formula is C16H13N3O2. The Morgan fingerprint density at radius 2 is 1.95 bits per heavy atom. The van der Waals surface area contributed by atoms with E-state index in [1.807, 2.05) is 42.5 Å². The van der Waals surface area contributed by atoms with Crippen molar-refractivity contribution in [1.82, 2.24) is 14.8 Å². The van der Waals surface area contributed by atoms with E-state index in [-0.39, 0.29) is 0 Å². The fraction of sp³-hybridized carbons (Fsp3) is 0.0625. The summed E-state index contributed by atoms with van der Waals surface area (Å²) in [6.45, 7) is 0. The number of carbonyl (C=O) groups excluding carboxylic acids is 1. The number of aldehydes is 1. The van der Waals surface area contributed by atoms with Gasteiger partial charge in [0.25, 0.3) is 0 Å². The van der Waals surface area contributed by atoms with Gasteiger partial charge in [-0.1, -0.05) is 6.07 Å². The van der Waals surface area contributed by atoms with Crippen LogP contribution in [0.1, 0.15) is 10.4 Å². The first kappa shape index (κ1) is 13.1. The van der Waals surface area contributed by atoms with Crippen LogP contribution in [0, 0.1) is 0 Å². The lowest BCUT2D eigenvalue weighted by atomic mass is 10.1. The van der Waals surface area contributed by atoms with Gasteiger partial charge in [0, 0.05) is 18.0 Å². The minimum absolute atomic E-state index is 0.519. The highest BCUT2D eigenvalue weighted by atomic mass is 16.5. The maximum atomic E-state index is 11.3. The summed E-state index contributed by atoms with van der Waals surface area (Å²) < 4.78 is 6.73. The molecule has 0 aliphatic rings. The number of carbonyl (C=O) groups is 1. The molecule has 104 valence electrons. The van der Waals surface area contributed by atoms with E-state index in [9.17, 15) is 4.79 Å². The third-order valence-electron chi connectivity index (χ3n) is 3.12. The third-order valence-corrected chi connectivity index (χ3v) is 3.12. The van der Waals surface area contributed by atoms with Gasteiger partial charge in [-0.25, -0.2) is 9.67 Å². The van der Waals surface area contributed by atoms with Crippen LogP contribution in [-0.2, 0) is 0 Å². The lowest BCUT2D eigenvalue weighted by molar-refractivity contribution is 0.112. The average molecular weight is 279 g/mol. The van der Waals surface area contributed by atoms with Crippen LogP contribution in [-0.4, -0.2) is 28.2 Å². The fourth-order valence-corrected chi connectivity index (χ4v) is 2.05. The number of ether oxygens (including phenoxy) is 1. The predicted octanol–water partition coefficient (Wildman–Crippen LogP) is 2.76. The van der Waals surface area contributed by atoms with Crippen LogP contribution in [0.15, 0.2) is 54.9 Å². The highest BCUT2D eigenvalue weighted by Gasteiger charge is 2.12. The first-order chi connectivity index (χ1) is 10.3. The zero-order chi connectivity index (χ0) is 14.7. The quantitative estimate of drug-likeness (QED) is 0.689. The third kappa shape index (κ3) is 2.53. The molecule has 3 aromatic rings. The van der Waals surface area contributed by atoms with Crippen LogP contribution in [0.5, 0.6) is 5.75 Å². The Hall–Kier alpha value is -2.95. The molecular weight excluding hydrogens is 266 g/mol. The summed E-state index contributed by atoms with van der Waals surface area (Å²) in [7, 11) is 1.61. The second kappa shape index (κ2) is 5.58. The molecule has 0 unspecified atom stereocenters. The number of methoxy groups -OCH3 is 1. The Morgan fingerprint density at radius 3 is 2.57 bits per heavy atom. The summed E-state index contributed by atoms with van der Waals surface area (Å²) in [6.07, 6.45) is 4.16. The molecule has 3 rings (SSSR count). The molecule has 0 atom stereocenters. The van der Waals surface area contributed by atoms with E-state index < -0.39 is 0 Å². The van der Waals surface area contributed by atoms with Crippen molar-refractivity contribution in [3.05, 3.63) is 60.4 Å². The lowest BCUT2D eigenvalue weighted by Crippen LogP contribution is -1.97. The monoisotopic (exact) mass is 279 g/mol. The molecule has 0 bridgehead atoms. The molecule has 5 nitrogen and oxygen atoms in total. The molecule has 0 spiro atoms. The van der Waals surface area contributed by atoms with Crippen LogP contribution in [0.2, 0.25) is 0 Å². The number of aromatic nitrogens is 3. The summed E-state index contributed by atoms with van der Waals surface area (Å²) in [5.41, 5.74) is 2.00. The molecule has 5 heteroatoms. The van der Waals surface area contributed by atoms with Crippen molar-refractivity contribution in [3.63, 3.8) is 0 Å². The molecule has 0 aliphatic carbocycles. The first-order valence-electron chi connectivity index (χ1n) is 6.42. The average Bonchev–Trinajstić information content (AvgIpc) is 3.00. The first-order valence-corrected chi connectivity index (χ1v) is 6.42. The number of hydrogen-bond donors (Lipinski definition) is 0. The minimum atomic E-state index is 0.519. The molecule has 0 radical (unpaired) electrons. The van der Waals surface area contributed by atoms with Crippen LogP contribution in [0.4, 0.5) is 0 Å². The van der Waals surface area contributed by atoms with Crippen molar-refractivity contribution >= 4 is 6.29 Å². The highest BCUT2D eigenvalue weighted by molar-refractivity contribution is 5.85. The smallest absolute Gasteiger partial charge is 0.153 e. The van der Waals surface area contributed by atoms with Gasteiger partial charge in [-0.15, -0.1) is 0 Å². The van der Waals surface area contributed by atoms with Crippen molar-refractivity contribution in [3.8, 4) is 22.8 Å². The topological polar surface area (TPSA) is 57.0 Å². The van der Waals surface area contributed by atoms with E-state index in [1.165, 1.54) is 0 Å². The number of pyridine rings is 1. The molecule has 2 aromatic heterocycles. The largest absolute Gasteiger partial charge is 0.497 e. The number of benzene rings is 1. The molecule has 0 N–H and O–H groups in total. The van der Waals surface area contributed by atoms with E-state index in [2.05, 4.69) is 10.1 Å². The van der Waals surface area contributed by atoms with Crippen LogP contribution in [0.3, 0.4) is 0 Å². The van der Waals surface area contributed by atoms with Crippen molar-refractivity contribution in [1.29, 1.82) is 0 Å². The van der Waals surface area contributed by atoms with Crippen molar-refractivity contribution in [2.24, 2.45) is 0 Å². The second-order valence-corrected chi connectivity index (χ2v) is 4.41. The number of hydrogen-bond acceptors (Lipinski definition) is 4. The highest BCUT2D eigenvalue weighted by Crippen LogP contribution is 2.24. The molecule has 1 aromatic carbocycles. The van der Waals surface area contributed by atoms with Gasteiger partial charge in [0.15, 0.2) is 12.1 Å². The van der Waals surface area contributed by atoms with Gasteiger partial charge in [-0.05, 0) is 36.4 Å². The molecule has 0 aliphatic heterocycles. The van der Waals surface area contributed by atoms with E-state index in [0.29, 0.717) is 17.1 Å². The summed E-state index contributed by atoms with van der Waals surface area (Å²) in [5.74, 6) is 1.43. The van der Waals surface area contributed by atoms with Gasteiger partial charge in [-0.3, -0.25) is 4.79 Å². The number of nitrogens with zero attached hydrogens (tertiary/aromatic N) is 3. The van der Waals surface area contributed by atoms with E-state index in [0.717, 1.165) is 17.6 Å². The maximum absolute atomic E-state index is 11.3. The summed E-state index contributed by atoms with van der Waals surface area (Å²) in [6, 6.07) is 13.0. The molecule has 0 saturated heterocycles. The summed E-state index contributed by atoms with van der Waals surface area (Å²) in [5, 5.41) is 4.46. The zero-order valence-corrected chi connectivity index (χ0v) is 11.4. The SMILES string of the molecule is COc1ccc(-c2nn(-c3ccccn3)cc2C=O)cc1. The Balaban J connectivity index is 2.05. The van der Waals surface area contributed by atoms with E-state index in [4.69, 9.17) is 4.74 Å². The van der Waals surface area contributed by atoms with Gasteiger partial charge in [0.1, 0.15) is 11.4 Å². The van der Waals surface area contributed by atoms with Crippen LogP contribution < -0.4 is 4.74 Å². The van der Waals surface area contributed by atoms with Gasteiger partial charge < -0.3 is 4.74 Å². The van der Waals surface area contributed by atoms with Crippen LogP contribution in [0.25, 0.3) is 17.1 Å². The van der Waals surface area contributed by atoms with Gasteiger partial charge in [0.2, 0.25) is 0 Å². The number of rotatable bonds is 4. The van der Waals surface area contributed by atoms with Crippen molar-refractivity contribution < 1.29 is 9.53 Å². The lowest BCUT2D eigenvalue weighted by Gasteiger charge is -2.02. The summed E-state index contributed by atoms with van der Waals surface area (Å²) in [4.78, 5) is 15.5. The van der Waals surface area contributed by atoms with Crippen molar-refractivity contribution in [2.45, 2.75) is 0 Å². The van der Waals surface area contributed by atoms with Crippen molar-refractivity contribution in [2.75, 3.05) is 7.11 Å². The van der Waals surface area contributed by atoms with Crippen LogP contribution >= 0.6 is 0 Å². The molecule has 21 heavy (non-hydrogen) atoms. The fourth-order valence-electron chi connectivity index (χ4n) is 2.05. The second-order valence-electron chi connectivity index (χ2n) is 4.41. The zero-order valence-electron chi connectivity index (χ0n) is 11.4. The Kier molecular flexibility index (Phi) is 3.47. The summed E-state index contributed by atoms with van der Waals surface area (Å²) >= 11 is 0. The Bertz CT molecular complexity index is 749. The Morgan fingerprint density at radius 1 is 1.14 bits per heavy atom.